The fourth-order valence-corrected chi connectivity index (χ4v) is 3.67. The SMILES string of the molecule is Cc1cccc(C(=O)N2CCCN(Cc3nc(C(C)(C)NC(=O)OC(C)(C)C)no3)CC2)c1. The van der Waals surface area contributed by atoms with Gasteiger partial charge >= 0.3 is 6.09 Å². The molecule has 2 heterocycles. The number of carbonyl (C=O) groups excluding carboxylic acids is 2. The predicted molar refractivity (Wildman–Crippen MR) is 124 cm³/mol. The summed E-state index contributed by atoms with van der Waals surface area (Å²) < 4.78 is 10.8. The number of amides is 2. The molecule has 1 fully saturated rings. The molecule has 1 aromatic heterocycles. The zero-order valence-electron chi connectivity index (χ0n) is 20.5. The number of hydrogen-bond acceptors (Lipinski definition) is 7. The second-order valence-electron chi connectivity index (χ2n) is 10.1. The molecule has 0 radical (unpaired) electrons. The van der Waals surface area contributed by atoms with E-state index in [2.05, 4.69) is 20.4 Å². The van der Waals surface area contributed by atoms with Crippen LogP contribution in [0.5, 0.6) is 0 Å². The van der Waals surface area contributed by atoms with Crippen LogP contribution >= 0.6 is 0 Å². The maximum atomic E-state index is 12.9. The van der Waals surface area contributed by atoms with Crippen molar-refractivity contribution in [3.05, 3.63) is 47.1 Å². The van der Waals surface area contributed by atoms with Gasteiger partial charge in [0.25, 0.3) is 5.91 Å². The van der Waals surface area contributed by atoms with E-state index >= 15 is 0 Å². The van der Waals surface area contributed by atoms with Gasteiger partial charge in [-0.3, -0.25) is 9.69 Å². The van der Waals surface area contributed by atoms with Crippen LogP contribution in [0, 0.1) is 6.92 Å². The molecule has 0 atom stereocenters. The van der Waals surface area contributed by atoms with Crippen LogP contribution in [0.15, 0.2) is 28.8 Å². The molecule has 33 heavy (non-hydrogen) atoms. The number of aromatic nitrogens is 2. The Labute approximate surface area is 195 Å². The van der Waals surface area contributed by atoms with Crippen molar-refractivity contribution in [3.63, 3.8) is 0 Å². The van der Waals surface area contributed by atoms with E-state index in [0.717, 1.165) is 30.6 Å². The van der Waals surface area contributed by atoms with Crippen LogP contribution < -0.4 is 5.32 Å². The Morgan fingerprint density at radius 1 is 1.12 bits per heavy atom. The highest BCUT2D eigenvalue weighted by Gasteiger charge is 2.31. The number of aryl methyl sites for hydroxylation is 1. The molecule has 180 valence electrons. The monoisotopic (exact) mass is 457 g/mol. The summed E-state index contributed by atoms with van der Waals surface area (Å²) in [6, 6.07) is 7.70. The first-order valence-corrected chi connectivity index (χ1v) is 11.4. The van der Waals surface area contributed by atoms with E-state index in [0.29, 0.717) is 31.3 Å². The normalized spacial score (nSPS) is 15.8. The fraction of sp³-hybridized carbons (Fsp3) is 0.583. The number of ether oxygens (including phenoxy) is 1. The van der Waals surface area contributed by atoms with E-state index in [1.807, 2.05) is 56.9 Å². The first-order chi connectivity index (χ1) is 15.4. The van der Waals surface area contributed by atoms with Crippen molar-refractivity contribution in [2.24, 2.45) is 0 Å². The first-order valence-electron chi connectivity index (χ1n) is 11.4. The van der Waals surface area contributed by atoms with Crippen molar-refractivity contribution >= 4 is 12.0 Å². The average molecular weight is 458 g/mol. The molecule has 0 spiro atoms. The Morgan fingerprint density at radius 2 is 1.88 bits per heavy atom. The maximum Gasteiger partial charge on any atom is 0.408 e. The highest BCUT2D eigenvalue weighted by Crippen LogP contribution is 2.19. The number of nitrogens with one attached hydrogen (secondary N) is 1. The Balaban J connectivity index is 1.57. The zero-order valence-corrected chi connectivity index (χ0v) is 20.5. The molecule has 3 rings (SSSR count). The van der Waals surface area contributed by atoms with Crippen molar-refractivity contribution in [1.82, 2.24) is 25.3 Å². The Kier molecular flexibility index (Phi) is 7.41. The smallest absolute Gasteiger partial charge is 0.408 e. The van der Waals surface area contributed by atoms with E-state index in [9.17, 15) is 9.59 Å². The molecular weight excluding hydrogens is 422 g/mol. The number of alkyl carbamates (subject to hydrolysis) is 1. The zero-order chi connectivity index (χ0) is 24.2. The van der Waals surface area contributed by atoms with Crippen LogP contribution in [0.25, 0.3) is 0 Å². The van der Waals surface area contributed by atoms with Crippen LogP contribution in [-0.4, -0.2) is 63.7 Å². The van der Waals surface area contributed by atoms with E-state index < -0.39 is 17.2 Å². The van der Waals surface area contributed by atoms with Crippen molar-refractivity contribution < 1.29 is 18.8 Å². The molecule has 9 nitrogen and oxygen atoms in total. The lowest BCUT2D eigenvalue weighted by atomic mass is 10.1. The largest absolute Gasteiger partial charge is 0.444 e. The van der Waals surface area contributed by atoms with Crippen molar-refractivity contribution in [2.75, 3.05) is 26.2 Å². The second kappa shape index (κ2) is 9.91. The molecule has 1 aliphatic heterocycles. The van der Waals surface area contributed by atoms with Gasteiger partial charge in [0.05, 0.1) is 6.54 Å². The van der Waals surface area contributed by atoms with Gasteiger partial charge in [-0.05, 0) is 60.1 Å². The molecule has 0 aliphatic carbocycles. The number of rotatable bonds is 5. The van der Waals surface area contributed by atoms with Crippen LogP contribution in [0.3, 0.4) is 0 Å². The lowest BCUT2D eigenvalue weighted by molar-refractivity contribution is 0.0464. The van der Waals surface area contributed by atoms with Gasteiger partial charge in [-0.25, -0.2) is 4.79 Å². The fourth-order valence-electron chi connectivity index (χ4n) is 3.67. The van der Waals surface area contributed by atoms with Crippen LogP contribution in [0.2, 0.25) is 0 Å². The van der Waals surface area contributed by atoms with Gasteiger partial charge in [-0.1, -0.05) is 22.9 Å². The van der Waals surface area contributed by atoms with Crippen LogP contribution in [0.1, 0.15) is 68.7 Å². The molecule has 9 heteroatoms. The van der Waals surface area contributed by atoms with Gasteiger partial charge in [0.2, 0.25) is 5.89 Å². The lowest BCUT2D eigenvalue weighted by Gasteiger charge is -2.26. The van der Waals surface area contributed by atoms with E-state index in [4.69, 9.17) is 9.26 Å². The second-order valence-corrected chi connectivity index (χ2v) is 10.1. The van der Waals surface area contributed by atoms with Crippen molar-refractivity contribution in [2.45, 2.75) is 65.6 Å². The molecule has 1 aromatic carbocycles. The number of nitrogens with zero attached hydrogens (tertiary/aromatic N) is 4. The third kappa shape index (κ3) is 7.02. The molecular formula is C24H35N5O4. The molecule has 2 aromatic rings. The minimum absolute atomic E-state index is 0.0654. The minimum atomic E-state index is -0.847. The summed E-state index contributed by atoms with van der Waals surface area (Å²) in [6.07, 6.45) is 0.328. The predicted octanol–water partition coefficient (Wildman–Crippen LogP) is 3.49. The highest BCUT2D eigenvalue weighted by molar-refractivity contribution is 5.94. The summed E-state index contributed by atoms with van der Waals surface area (Å²) in [6.45, 7) is 14.4. The molecule has 1 N–H and O–H groups in total. The quantitative estimate of drug-likeness (QED) is 0.733. The summed E-state index contributed by atoms with van der Waals surface area (Å²) in [5, 5.41) is 6.86. The third-order valence-electron chi connectivity index (χ3n) is 5.34. The van der Waals surface area contributed by atoms with Crippen molar-refractivity contribution in [3.8, 4) is 0 Å². The minimum Gasteiger partial charge on any atom is -0.444 e. The molecule has 1 aliphatic rings. The van der Waals surface area contributed by atoms with Gasteiger partial charge in [0.1, 0.15) is 11.1 Å². The summed E-state index contributed by atoms with van der Waals surface area (Å²) >= 11 is 0. The number of benzene rings is 1. The van der Waals surface area contributed by atoms with Crippen LogP contribution in [0.4, 0.5) is 4.79 Å². The first kappa shape index (κ1) is 24.7. The Hall–Kier alpha value is -2.94. The van der Waals surface area contributed by atoms with Crippen molar-refractivity contribution in [1.29, 1.82) is 0 Å². The van der Waals surface area contributed by atoms with Gasteiger partial charge in [-0.2, -0.15) is 4.98 Å². The maximum absolute atomic E-state index is 12.9. The van der Waals surface area contributed by atoms with E-state index in [-0.39, 0.29) is 5.91 Å². The third-order valence-corrected chi connectivity index (χ3v) is 5.34. The number of carbonyl (C=O) groups is 2. The van der Waals surface area contributed by atoms with Gasteiger partial charge in [-0.15, -0.1) is 0 Å². The molecule has 0 bridgehead atoms. The molecule has 2 amide bonds. The van der Waals surface area contributed by atoms with E-state index in [1.165, 1.54) is 0 Å². The standard InChI is InChI=1S/C24H35N5O4/c1-17-9-7-10-18(15-17)20(30)29-12-8-11-28(13-14-29)16-19-25-21(27-33-19)24(5,6)26-22(31)32-23(2,3)4/h7,9-10,15H,8,11-14,16H2,1-6H3,(H,26,31). The summed E-state index contributed by atoms with van der Waals surface area (Å²) in [7, 11) is 0. The van der Waals surface area contributed by atoms with Crippen LogP contribution in [-0.2, 0) is 16.8 Å². The topological polar surface area (TPSA) is 101 Å². The Bertz CT molecular complexity index is 979. The molecule has 0 saturated carbocycles. The summed E-state index contributed by atoms with van der Waals surface area (Å²) in [4.78, 5) is 33.6. The molecule has 0 unspecified atom stereocenters. The lowest BCUT2D eigenvalue weighted by Crippen LogP contribution is -2.44. The number of hydrogen-bond donors (Lipinski definition) is 1. The summed E-state index contributed by atoms with van der Waals surface area (Å²) in [5.74, 6) is 0.924. The summed E-state index contributed by atoms with van der Waals surface area (Å²) in [5.41, 5.74) is 0.363. The van der Waals surface area contributed by atoms with Gasteiger partial charge < -0.3 is 19.5 Å². The molecule has 1 saturated heterocycles. The Morgan fingerprint density at radius 3 is 2.58 bits per heavy atom. The van der Waals surface area contributed by atoms with Gasteiger partial charge in [0.15, 0.2) is 5.82 Å². The van der Waals surface area contributed by atoms with E-state index in [1.54, 1.807) is 13.8 Å². The highest BCUT2D eigenvalue weighted by atomic mass is 16.6. The van der Waals surface area contributed by atoms with Gasteiger partial charge in [0, 0.05) is 31.7 Å². The average Bonchev–Trinajstić information content (AvgIpc) is 3.05.